The number of hydrogen-bond donors (Lipinski definition) is 1. The van der Waals surface area contributed by atoms with Gasteiger partial charge in [-0.05, 0) is 6.07 Å². The lowest BCUT2D eigenvalue weighted by Gasteiger charge is -2.06. The van der Waals surface area contributed by atoms with Crippen LogP contribution in [0.5, 0.6) is 0 Å². The fourth-order valence-electron chi connectivity index (χ4n) is 2.16. The molecule has 0 atom stereocenters. The maximum atomic E-state index is 4.28. The Hall–Kier alpha value is -1.69. The Labute approximate surface area is 99.7 Å². The maximum absolute atomic E-state index is 4.28. The monoisotopic (exact) mass is 232 g/mol. The molecule has 0 aromatic carbocycles. The van der Waals surface area contributed by atoms with Crippen LogP contribution in [-0.4, -0.2) is 37.6 Å². The van der Waals surface area contributed by atoms with E-state index in [4.69, 9.17) is 0 Å². The summed E-state index contributed by atoms with van der Waals surface area (Å²) in [5.41, 5.74) is 0. The van der Waals surface area contributed by atoms with Crippen LogP contribution >= 0.6 is 0 Å². The van der Waals surface area contributed by atoms with Crippen LogP contribution < -0.4 is 5.32 Å². The fraction of sp³-hybridized carbons (Fsp3) is 0.545. The third kappa shape index (κ3) is 2.21. The van der Waals surface area contributed by atoms with Gasteiger partial charge in [-0.1, -0.05) is 0 Å². The summed E-state index contributed by atoms with van der Waals surface area (Å²) in [7, 11) is 0. The molecule has 3 rings (SSSR count). The smallest absolute Gasteiger partial charge is 0.134 e. The lowest BCUT2D eigenvalue weighted by atomic mass is 10.3. The van der Waals surface area contributed by atoms with Gasteiger partial charge < -0.3 is 9.88 Å². The highest BCUT2D eigenvalue weighted by atomic mass is 15.3. The van der Waals surface area contributed by atoms with Gasteiger partial charge in [-0.2, -0.15) is 5.10 Å². The third-order valence-corrected chi connectivity index (χ3v) is 3.07. The second-order valence-corrected chi connectivity index (χ2v) is 4.20. The summed E-state index contributed by atoms with van der Waals surface area (Å²) in [6, 6.07) is 1.94. The molecular formula is C11H16N6. The van der Waals surface area contributed by atoms with Crippen LogP contribution in [0.3, 0.4) is 0 Å². The van der Waals surface area contributed by atoms with Crippen LogP contribution in [0.1, 0.15) is 11.6 Å². The molecule has 17 heavy (non-hydrogen) atoms. The molecule has 2 aromatic heterocycles. The molecule has 2 aromatic rings. The van der Waals surface area contributed by atoms with E-state index in [-0.39, 0.29) is 0 Å². The summed E-state index contributed by atoms with van der Waals surface area (Å²) in [4.78, 5) is 0. The van der Waals surface area contributed by atoms with Crippen LogP contribution in [0.15, 0.2) is 18.5 Å². The minimum Gasteiger partial charge on any atom is -0.315 e. The number of aryl methyl sites for hydroxylation is 2. The molecule has 0 spiro atoms. The minimum atomic E-state index is 0.860. The van der Waals surface area contributed by atoms with Crippen LogP contribution in [0.4, 0.5) is 0 Å². The van der Waals surface area contributed by atoms with E-state index in [1.54, 1.807) is 6.20 Å². The molecule has 0 bridgehead atoms. The first-order valence-corrected chi connectivity index (χ1v) is 6.02. The van der Waals surface area contributed by atoms with Gasteiger partial charge >= 0.3 is 0 Å². The zero-order valence-electron chi connectivity index (χ0n) is 9.71. The first kappa shape index (κ1) is 10.5. The molecule has 0 unspecified atom stereocenters. The summed E-state index contributed by atoms with van der Waals surface area (Å²) >= 11 is 0. The van der Waals surface area contributed by atoms with Crippen LogP contribution in [-0.2, 0) is 25.9 Å². The van der Waals surface area contributed by atoms with Gasteiger partial charge in [-0.25, -0.2) is 0 Å². The highest BCUT2D eigenvalue weighted by molar-refractivity contribution is 4.98. The molecular weight excluding hydrogens is 216 g/mol. The van der Waals surface area contributed by atoms with Crippen molar-refractivity contribution in [2.24, 2.45) is 0 Å². The van der Waals surface area contributed by atoms with Crippen molar-refractivity contribution in [1.82, 2.24) is 29.9 Å². The minimum absolute atomic E-state index is 0.860. The average molecular weight is 232 g/mol. The van der Waals surface area contributed by atoms with Gasteiger partial charge in [0.1, 0.15) is 11.6 Å². The van der Waals surface area contributed by atoms with Crippen molar-refractivity contribution < 1.29 is 0 Å². The van der Waals surface area contributed by atoms with E-state index < -0.39 is 0 Å². The second kappa shape index (κ2) is 4.67. The Balaban J connectivity index is 1.73. The largest absolute Gasteiger partial charge is 0.315 e. The van der Waals surface area contributed by atoms with Gasteiger partial charge in [0.2, 0.25) is 0 Å². The quantitative estimate of drug-likeness (QED) is 0.800. The summed E-state index contributed by atoms with van der Waals surface area (Å²) in [5.74, 6) is 2.17. The molecule has 0 radical (unpaired) electrons. The molecule has 1 N–H and O–H groups in total. The first-order chi connectivity index (χ1) is 8.43. The normalized spacial score (nSPS) is 15.5. The average Bonchev–Trinajstić information content (AvgIpc) is 2.92. The van der Waals surface area contributed by atoms with E-state index in [2.05, 4.69) is 25.2 Å². The van der Waals surface area contributed by atoms with Crippen molar-refractivity contribution in [3.63, 3.8) is 0 Å². The SMILES string of the molecule is c1cnn(CCc2nnc3n2CCNCC3)c1. The third-order valence-electron chi connectivity index (χ3n) is 3.07. The van der Waals surface area contributed by atoms with Gasteiger partial charge in [0.25, 0.3) is 0 Å². The number of rotatable bonds is 3. The van der Waals surface area contributed by atoms with Crippen molar-refractivity contribution in [1.29, 1.82) is 0 Å². The summed E-state index contributed by atoms with van der Waals surface area (Å²) in [6.45, 7) is 3.83. The van der Waals surface area contributed by atoms with Crippen molar-refractivity contribution >= 4 is 0 Å². The summed E-state index contributed by atoms with van der Waals surface area (Å²) < 4.78 is 4.17. The Kier molecular flexibility index (Phi) is 2.87. The van der Waals surface area contributed by atoms with Crippen LogP contribution in [0.25, 0.3) is 0 Å². The van der Waals surface area contributed by atoms with E-state index >= 15 is 0 Å². The Morgan fingerprint density at radius 2 is 2.29 bits per heavy atom. The van der Waals surface area contributed by atoms with E-state index in [9.17, 15) is 0 Å². The molecule has 0 amide bonds. The van der Waals surface area contributed by atoms with Gasteiger partial charge in [0.05, 0.1) is 0 Å². The lowest BCUT2D eigenvalue weighted by molar-refractivity contribution is 0.562. The van der Waals surface area contributed by atoms with Gasteiger partial charge in [-0.3, -0.25) is 4.68 Å². The van der Waals surface area contributed by atoms with Crippen molar-refractivity contribution in [3.05, 3.63) is 30.1 Å². The molecule has 6 heteroatoms. The zero-order chi connectivity index (χ0) is 11.5. The maximum Gasteiger partial charge on any atom is 0.134 e. The number of nitrogens with one attached hydrogen (secondary N) is 1. The Morgan fingerprint density at radius 1 is 1.29 bits per heavy atom. The molecule has 0 aliphatic carbocycles. The fourth-order valence-corrected chi connectivity index (χ4v) is 2.16. The first-order valence-electron chi connectivity index (χ1n) is 6.02. The second-order valence-electron chi connectivity index (χ2n) is 4.20. The molecule has 90 valence electrons. The summed E-state index contributed by atoms with van der Waals surface area (Å²) in [5, 5.41) is 16.1. The Morgan fingerprint density at radius 3 is 3.18 bits per heavy atom. The number of hydrogen-bond acceptors (Lipinski definition) is 4. The number of aromatic nitrogens is 5. The molecule has 1 aliphatic heterocycles. The molecule has 0 saturated heterocycles. The Bertz CT molecular complexity index is 472. The standard InChI is InChI=1S/C11H16N6/c1-4-13-16(7-1)8-3-11-15-14-10-2-5-12-6-9-17(10)11/h1,4,7,12H,2-3,5-6,8-9H2. The highest BCUT2D eigenvalue weighted by Gasteiger charge is 2.13. The zero-order valence-corrected chi connectivity index (χ0v) is 9.71. The van der Waals surface area contributed by atoms with E-state index in [0.29, 0.717) is 0 Å². The number of fused-ring (bicyclic) bond motifs is 1. The van der Waals surface area contributed by atoms with E-state index in [0.717, 1.165) is 50.7 Å². The van der Waals surface area contributed by atoms with Crippen molar-refractivity contribution in [3.8, 4) is 0 Å². The highest BCUT2D eigenvalue weighted by Crippen LogP contribution is 2.06. The molecule has 0 saturated carbocycles. The molecule has 6 nitrogen and oxygen atoms in total. The molecule has 3 heterocycles. The van der Waals surface area contributed by atoms with E-state index in [1.165, 1.54) is 0 Å². The van der Waals surface area contributed by atoms with Crippen LogP contribution in [0, 0.1) is 0 Å². The van der Waals surface area contributed by atoms with Gasteiger partial charge in [-0.15, -0.1) is 10.2 Å². The summed E-state index contributed by atoms with van der Waals surface area (Å²) in [6.07, 6.45) is 5.62. The van der Waals surface area contributed by atoms with Gasteiger partial charge in [0.15, 0.2) is 0 Å². The topological polar surface area (TPSA) is 60.6 Å². The number of nitrogens with zero attached hydrogens (tertiary/aromatic N) is 5. The van der Waals surface area contributed by atoms with Crippen molar-refractivity contribution in [2.75, 3.05) is 13.1 Å². The molecule has 0 fully saturated rings. The van der Waals surface area contributed by atoms with Gasteiger partial charge in [0, 0.05) is 51.4 Å². The predicted octanol–water partition coefficient (Wildman–Crippen LogP) is -0.137. The van der Waals surface area contributed by atoms with Crippen LogP contribution in [0.2, 0.25) is 0 Å². The molecule has 1 aliphatic rings. The van der Waals surface area contributed by atoms with Crippen molar-refractivity contribution in [2.45, 2.75) is 25.9 Å². The predicted molar refractivity (Wildman–Crippen MR) is 62.5 cm³/mol. The lowest BCUT2D eigenvalue weighted by Crippen LogP contribution is -2.18. The van der Waals surface area contributed by atoms with E-state index in [1.807, 2.05) is 16.9 Å².